The zero-order valence-electron chi connectivity index (χ0n) is 30.0. The van der Waals surface area contributed by atoms with Crippen LogP contribution in [0.2, 0.25) is 0 Å². The molecule has 0 amide bonds. The minimum atomic E-state index is -4.94. The molecule has 2 spiro atoms. The molecule has 10 aliphatic rings. The zero-order chi connectivity index (χ0) is 37.1. The monoisotopic (exact) mass is 754 g/mol. The Balaban J connectivity index is 0.974. The summed E-state index contributed by atoms with van der Waals surface area (Å²) in [6.45, 7) is 7.67. The molecule has 2 unspecified atom stereocenters. The van der Waals surface area contributed by atoms with Gasteiger partial charge < -0.3 is 28.4 Å². The van der Waals surface area contributed by atoms with Gasteiger partial charge in [-0.2, -0.15) is 26.3 Å². The van der Waals surface area contributed by atoms with E-state index >= 15 is 13.2 Å². The number of ether oxygens (including phenoxy) is 6. The second-order valence-electron chi connectivity index (χ2n) is 16.6. The van der Waals surface area contributed by atoms with E-state index in [-0.39, 0.29) is 35.9 Å². The SMILES string of the molecule is C[C@@H]1CC[C@H]2C(COC/C=C/CO[C@@]3(C(F)(F)F)O[C@@H]4O[C@@]5(C)CCC6[C@H](C)CC[C@@H]([C@H]3C)[C@]64OO5)=C(C(F)(F)F)O[C@@H]3O[C@@]4(C)CCC1[C@]32OO4. The Morgan fingerprint density at radius 2 is 1.29 bits per heavy atom. The molecule has 8 aliphatic heterocycles. The molecule has 10 nitrogen and oxygen atoms in total. The molecular weight excluding hydrogens is 706 g/mol. The van der Waals surface area contributed by atoms with Gasteiger partial charge in [0.05, 0.1) is 19.8 Å². The topological polar surface area (TPSA) is 92.3 Å². The molecule has 0 N–H and O–H groups in total. The first-order valence-electron chi connectivity index (χ1n) is 18.6. The lowest BCUT2D eigenvalue weighted by Crippen LogP contribution is -2.76. The molecule has 7 saturated heterocycles. The first-order valence-corrected chi connectivity index (χ1v) is 18.6. The maximum absolute atomic E-state index is 15.1. The Kier molecular flexibility index (Phi) is 9.00. The van der Waals surface area contributed by atoms with Crippen LogP contribution in [0.25, 0.3) is 0 Å². The van der Waals surface area contributed by atoms with Crippen LogP contribution in [0.3, 0.4) is 0 Å². The fraction of sp³-hybridized carbons (Fsp3) is 0.889. The first kappa shape index (κ1) is 37.4. The van der Waals surface area contributed by atoms with Crippen molar-refractivity contribution < 1.29 is 74.3 Å². The minimum absolute atomic E-state index is 0.102. The van der Waals surface area contributed by atoms with Crippen molar-refractivity contribution in [3.05, 3.63) is 23.5 Å². The molecule has 8 heterocycles. The number of halogens is 6. The average Bonchev–Trinajstić information content (AvgIpc) is 3.44. The molecule has 10 rings (SSSR count). The highest BCUT2D eigenvalue weighted by Gasteiger charge is 2.77. The van der Waals surface area contributed by atoms with Crippen LogP contribution in [0.4, 0.5) is 26.3 Å². The van der Waals surface area contributed by atoms with Crippen LogP contribution in [0.5, 0.6) is 0 Å². The summed E-state index contributed by atoms with van der Waals surface area (Å²) in [6, 6.07) is 0. The molecule has 2 aliphatic carbocycles. The van der Waals surface area contributed by atoms with Crippen molar-refractivity contribution in [1.82, 2.24) is 0 Å². The van der Waals surface area contributed by atoms with Gasteiger partial charge in [0.15, 0.2) is 17.5 Å². The van der Waals surface area contributed by atoms with E-state index in [4.69, 9.17) is 48.0 Å². The number of rotatable bonds is 7. The number of fused-ring (bicyclic) bond motifs is 4. The fourth-order valence-electron chi connectivity index (χ4n) is 10.9. The number of hydrogen-bond donors (Lipinski definition) is 0. The van der Waals surface area contributed by atoms with Gasteiger partial charge >= 0.3 is 12.4 Å². The number of alkyl halides is 6. The van der Waals surface area contributed by atoms with Crippen LogP contribution in [0.1, 0.15) is 86.0 Å². The summed E-state index contributed by atoms with van der Waals surface area (Å²) in [6.07, 6.45) is -5.34. The average molecular weight is 755 g/mol. The Bertz CT molecular complexity index is 1460. The van der Waals surface area contributed by atoms with Crippen LogP contribution in [0.15, 0.2) is 23.5 Å². The van der Waals surface area contributed by atoms with Crippen LogP contribution in [-0.2, 0) is 48.0 Å². The van der Waals surface area contributed by atoms with Crippen LogP contribution in [0, 0.1) is 41.4 Å². The number of allylic oxidation sites excluding steroid dienone is 1. The van der Waals surface area contributed by atoms with Crippen molar-refractivity contribution in [2.24, 2.45) is 41.4 Å². The Labute approximate surface area is 298 Å². The van der Waals surface area contributed by atoms with Crippen molar-refractivity contribution in [2.75, 3.05) is 19.8 Å². The summed E-state index contributed by atoms with van der Waals surface area (Å²) in [7, 11) is 0. The Hall–Kier alpha value is -1.50. The number of hydrogen-bond acceptors (Lipinski definition) is 10. The summed E-state index contributed by atoms with van der Waals surface area (Å²) in [5.41, 5.74) is -2.60. The van der Waals surface area contributed by atoms with E-state index in [1.807, 2.05) is 6.92 Å². The van der Waals surface area contributed by atoms with Crippen molar-refractivity contribution in [2.45, 2.75) is 139 Å². The lowest BCUT2D eigenvalue weighted by Gasteiger charge is -2.62. The summed E-state index contributed by atoms with van der Waals surface area (Å²) >= 11 is 0. The Morgan fingerprint density at radius 3 is 1.94 bits per heavy atom. The molecule has 0 aromatic rings. The lowest BCUT2D eigenvalue weighted by molar-refractivity contribution is -0.598. The predicted molar refractivity (Wildman–Crippen MR) is 165 cm³/mol. The van der Waals surface area contributed by atoms with Gasteiger partial charge in [-0.25, -0.2) is 19.6 Å². The van der Waals surface area contributed by atoms with E-state index in [1.54, 1.807) is 13.8 Å². The van der Waals surface area contributed by atoms with E-state index < -0.39 is 90.2 Å². The summed E-state index contributed by atoms with van der Waals surface area (Å²) in [5.74, 6) is -9.26. The molecule has 9 fully saturated rings. The second kappa shape index (κ2) is 12.5. The van der Waals surface area contributed by atoms with Gasteiger partial charge in [-0.1, -0.05) is 32.9 Å². The van der Waals surface area contributed by atoms with Gasteiger partial charge in [-0.3, -0.25) is 0 Å². The van der Waals surface area contributed by atoms with E-state index in [2.05, 4.69) is 6.92 Å². The third kappa shape index (κ3) is 5.47. The molecular formula is C36H48F6O10. The molecule has 0 radical (unpaired) electrons. The summed E-state index contributed by atoms with van der Waals surface area (Å²) in [5, 5.41) is 0. The van der Waals surface area contributed by atoms with E-state index in [0.29, 0.717) is 51.4 Å². The van der Waals surface area contributed by atoms with Crippen LogP contribution < -0.4 is 0 Å². The maximum Gasteiger partial charge on any atom is 0.449 e. The Morgan fingerprint density at radius 1 is 0.692 bits per heavy atom. The van der Waals surface area contributed by atoms with Crippen molar-refractivity contribution >= 4 is 0 Å². The molecule has 294 valence electrons. The van der Waals surface area contributed by atoms with Crippen molar-refractivity contribution in [3.63, 3.8) is 0 Å². The first-order chi connectivity index (χ1) is 24.4. The third-order valence-corrected chi connectivity index (χ3v) is 13.6. The summed E-state index contributed by atoms with van der Waals surface area (Å²) in [4.78, 5) is 23.4. The van der Waals surface area contributed by atoms with Gasteiger partial charge in [-0.05, 0) is 70.1 Å². The van der Waals surface area contributed by atoms with Gasteiger partial charge in [0.1, 0.15) is 0 Å². The largest absolute Gasteiger partial charge is 0.456 e. The van der Waals surface area contributed by atoms with Crippen LogP contribution in [-0.4, -0.2) is 73.3 Å². The van der Waals surface area contributed by atoms with Gasteiger partial charge in [0.25, 0.3) is 5.79 Å². The van der Waals surface area contributed by atoms with E-state index in [9.17, 15) is 13.2 Å². The molecule has 4 bridgehead atoms. The highest BCUT2D eigenvalue weighted by Crippen LogP contribution is 2.65. The van der Waals surface area contributed by atoms with Gasteiger partial charge in [0, 0.05) is 42.1 Å². The minimum Gasteiger partial charge on any atom is -0.456 e. The summed E-state index contributed by atoms with van der Waals surface area (Å²) < 4.78 is 124. The molecule has 2 saturated carbocycles. The normalized spacial score (nSPS) is 50.0. The van der Waals surface area contributed by atoms with Crippen LogP contribution >= 0.6 is 0 Å². The highest BCUT2D eigenvalue weighted by molar-refractivity contribution is 5.28. The van der Waals surface area contributed by atoms with E-state index in [1.165, 1.54) is 19.1 Å². The molecule has 14 atom stereocenters. The van der Waals surface area contributed by atoms with Crippen molar-refractivity contribution in [3.8, 4) is 0 Å². The molecule has 0 aromatic carbocycles. The van der Waals surface area contributed by atoms with E-state index in [0.717, 1.165) is 0 Å². The molecule has 52 heavy (non-hydrogen) atoms. The fourth-order valence-corrected chi connectivity index (χ4v) is 10.9. The van der Waals surface area contributed by atoms with Gasteiger partial charge in [0.2, 0.25) is 23.6 Å². The quantitative estimate of drug-likeness (QED) is 0.111. The maximum atomic E-state index is 15.1. The second-order valence-corrected chi connectivity index (χ2v) is 16.6. The predicted octanol–water partition coefficient (Wildman–Crippen LogP) is 7.78. The highest BCUT2D eigenvalue weighted by atomic mass is 19.4. The smallest absolute Gasteiger partial charge is 0.449 e. The zero-order valence-corrected chi connectivity index (χ0v) is 30.0. The standard InChI is InChI=1S/C36H48F6O10/c1-19-8-10-25-21(3)34(36(40,41)42,48-29-32(25)23(19)12-15-31(5,47-29)50-51-32)44-17-7-6-16-43-18-22-26-11-9-20(2)24-13-14-30(4)46-28(33(24,26)52-49-30)45-27(22)35(37,38)39/h6-7,19-21,23-26,28-29H,8-18H2,1-5H3/b7-6+/t19-,20-,21-,23?,24?,25+,26+,28-,29+,30-,31-,32-,33-,34-/m1/s1. The lowest BCUT2D eigenvalue weighted by atomic mass is 9.57. The van der Waals surface area contributed by atoms with Gasteiger partial charge in [-0.15, -0.1) is 0 Å². The molecule has 16 heteroatoms. The third-order valence-electron chi connectivity index (χ3n) is 13.6. The van der Waals surface area contributed by atoms with Crippen molar-refractivity contribution in [1.29, 1.82) is 0 Å². The molecule has 0 aromatic heterocycles.